The maximum absolute atomic E-state index is 13.0. The van der Waals surface area contributed by atoms with Crippen molar-refractivity contribution >= 4 is 33.2 Å². The van der Waals surface area contributed by atoms with Crippen molar-refractivity contribution in [3.05, 3.63) is 59.1 Å². The summed E-state index contributed by atoms with van der Waals surface area (Å²) < 4.78 is 27.3. The average Bonchev–Trinajstić information content (AvgIpc) is 2.62. The largest absolute Gasteiger partial charge is 0.394 e. The van der Waals surface area contributed by atoms with E-state index in [1.54, 1.807) is 44.2 Å². The molecule has 0 heterocycles. The van der Waals surface area contributed by atoms with Crippen LogP contribution in [0.5, 0.6) is 0 Å². The van der Waals surface area contributed by atoms with Gasteiger partial charge in [0, 0.05) is 12.6 Å². The van der Waals surface area contributed by atoms with Crippen LogP contribution in [0.4, 0.5) is 5.69 Å². The maximum atomic E-state index is 13.0. The van der Waals surface area contributed by atoms with Crippen molar-refractivity contribution in [2.75, 3.05) is 17.5 Å². The van der Waals surface area contributed by atoms with Crippen molar-refractivity contribution in [1.82, 2.24) is 5.32 Å². The number of benzene rings is 2. The van der Waals surface area contributed by atoms with E-state index in [-0.39, 0.29) is 28.6 Å². The summed E-state index contributed by atoms with van der Waals surface area (Å²) in [4.78, 5) is 12.3. The van der Waals surface area contributed by atoms with E-state index in [0.717, 1.165) is 0 Å². The molecule has 0 radical (unpaired) electrons. The van der Waals surface area contributed by atoms with Gasteiger partial charge in [0.05, 0.1) is 27.8 Å². The molecule has 0 fully saturated rings. The first-order valence-corrected chi connectivity index (χ1v) is 9.92. The smallest absolute Gasteiger partial charge is 0.264 e. The van der Waals surface area contributed by atoms with Gasteiger partial charge in [-0.25, -0.2) is 8.42 Å². The van der Waals surface area contributed by atoms with Gasteiger partial charge in [-0.15, -0.1) is 0 Å². The molecule has 26 heavy (non-hydrogen) atoms. The number of hydrogen-bond donors (Lipinski definition) is 2. The van der Waals surface area contributed by atoms with Crippen molar-refractivity contribution in [3.63, 3.8) is 0 Å². The number of aliphatic hydroxyl groups excluding tert-OH is 1. The second-order valence-corrected chi connectivity index (χ2v) is 7.97. The van der Waals surface area contributed by atoms with Crippen LogP contribution < -0.4 is 9.62 Å². The van der Waals surface area contributed by atoms with Crippen molar-refractivity contribution in [3.8, 4) is 0 Å². The Balaban J connectivity index is 2.44. The Morgan fingerprint density at radius 3 is 2.46 bits per heavy atom. The number of nitrogens with one attached hydrogen (secondary N) is 1. The summed E-state index contributed by atoms with van der Waals surface area (Å²) in [6.45, 7) is 3.36. The summed E-state index contributed by atoms with van der Waals surface area (Å²) in [5.41, 5.74) is 0.571. The first-order chi connectivity index (χ1) is 12.3. The molecule has 0 aliphatic heterocycles. The molecule has 2 aromatic rings. The van der Waals surface area contributed by atoms with Gasteiger partial charge < -0.3 is 10.4 Å². The third kappa shape index (κ3) is 4.35. The van der Waals surface area contributed by atoms with Gasteiger partial charge in [0.1, 0.15) is 0 Å². The van der Waals surface area contributed by atoms with Crippen LogP contribution in [0, 0.1) is 0 Å². The molecular weight excluding hydrogens is 376 g/mol. The van der Waals surface area contributed by atoms with Gasteiger partial charge in [0.25, 0.3) is 15.9 Å². The topological polar surface area (TPSA) is 86.7 Å². The molecule has 0 saturated carbocycles. The normalized spacial score (nSPS) is 12.5. The summed E-state index contributed by atoms with van der Waals surface area (Å²) >= 11 is 6.07. The van der Waals surface area contributed by atoms with E-state index in [1.807, 2.05) is 0 Å². The first-order valence-electron chi connectivity index (χ1n) is 8.10. The number of amides is 1. The lowest BCUT2D eigenvalue weighted by Crippen LogP contribution is -2.35. The Hall–Kier alpha value is -2.09. The quantitative estimate of drug-likeness (QED) is 0.753. The van der Waals surface area contributed by atoms with Crippen LogP contribution in [0.15, 0.2) is 53.4 Å². The standard InChI is InChI=1S/C18H21ClN2O4S/c1-3-21(14-7-5-4-6-8-14)26(24,25)15-9-10-17(19)16(11-15)18(23)20-13(2)12-22/h4-11,13,22H,3,12H2,1-2H3,(H,20,23). The maximum Gasteiger partial charge on any atom is 0.264 e. The predicted octanol–water partition coefficient (Wildman–Crippen LogP) is 2.67. The van der Waals surface area contributed by atoms with E-state index in [1.165, 1.54) is 22.5 Å². The van der Waals surface area contributed by atoms with Crippen LogP contribution in [-0.4, -0.2) is 38.6 Å². The molecule has 0 bridgehead atoms. The number of nitrogens with zero attached hydrogens (tertiary/aromatic N) is 1. The lowest BCUT2D eigenvalue weighted by molar-refractivity contribution is 0.0922. The van der Waals surface area contributed by atoms with E-state index in [0.29, 0.717) is 5.69 Å². The van der Waals surface area contributed by atoms with Crippen molar-refractivity contribution in [1.29, 1.82) is 0 Å². The zero-order valence-electron chi connectivity index (χ0n) is 14.5. The van der Waals surface area contributed by atoms with Crippen molar-refractivity contribution < 1.29 is 18.3 Å². The van der Waals surface area contributed by atoms with E-state index in [4.69, 9.17) is 16.7 Å². The van der Waals surface area contributed by atoms with Gasteiger partial charge in [0.2, 0.25) is 0 Å². The Morgan fingerprint density at radius 2 is 1.88 bits per heavy atom. The van der Waals surface area contributed by atoms with E-state index in [2.05, 4.69) is 5.32 Å². The van der Waals surface area contributed by atoms with Crippen LogP contribution in [0.2, 0.25) is 5.02 Å². The van der Waals surface area contributed by atoms with Gasteiger partial charge in [-0.2, -0.15) is 0 Å². The molecule has 1 amide bonds. The second-order valence-electron chi connectivity index (χ2n) is 5.70. The molecule has 0 aromatic heterocycles. The van der Waals surface area contributed by atoms with Gasteiger partial charge in [-0.05, 0) is 44.2 Å². The second kappa shape index (κ2) is 8.53. The molecule has 2 rings (SSSR count). The van der Waals surface area contributed by atoms with Gasteiger partial charge in [-0.3, -0.25) is 9.10 Å². The minimum atomic E-state index is -3.87. The van der Waals surface area contributed by atoms with Crippen LogP contribution in [-0.2, 0) is 10.0 Å². The Kier molecular flexibility index (Phi) is 6.63. The number of carbonyl (C=O) groups is 1. The summed E-state index contributed by atoms with van der Waals surface area (Å²) in [6.07, 6.45) is 0. The third-order valence-corrected chi connectivity index (χ3v) is 5.98. The number of aliphatic hydroxyl groups is 1. The Morgan fingerprint density at radius 1 is 1.23 bits per heavy atom. The van der Waals surface area contributed by atoms with Gasteiger partial charge in [0.15, 0.2) is 0 Å². The third-order valence-electron chi connectivity index (χ3n) is 3.75. The zero-order valence-corrected chi connectivity index (χ0v) is 16.1. The molecule has 6 nitrogen and oxygen atoms in total. The highest BCUT2D eigenvalue weighted by molar-refractivity contribution is 7.92. The monoisotopic (exact) mass is 396 g/mol. The van der Waals surface area contributed by atoms with Crippen LogP contribution >= 0.6 is 11.6 Å². The van der Waals surface area contributed by atoms with Crippen LogP contribution in [0.3, 0.4) is 0 Å². The highest BCUT2D eigenvalue weighted by atomic mass is 35.5. The molecule has 0 spiro atoms. The summed E-state index contributed by atoms with van der Waals surface area (Å²) in [5, 5.41) is 11.8. The molecule has 0 aliphatic carbocycles. The lowest BCUT2D eigenvalue weighted by atomic mass is 10.2. The minimum absolute atomic E-state index is 0.0330. The molecular formula is C18H21ClN2O4S. The van der Waals surface area contributed by atoms with Gasteiger partial charge in [-0.1, -0.05) is 29.8 Å². The number of anilines is 1. The van der Waals surface area contributed by atoms with Crippen LogP contribution in [0.25, 0.3) is 0 Å². The zero-order chi connectivity index (χ0) is 19.3. The Labute approximate surface area is 158 Å². The predicted molar refractivity (Wildman–Crippen MR) is 102 cm³/mol. The number of halogens is 1. The number of hydrogen-bond acceptors (Lipinski definition) is 4. The summed E-state index contributed by atoms with van der Waals surface area (Å²) in [5.74, 6) is -0.545. The number of sulfonamides is 1. The lowest BCUT2D eigenvalue weighted by Gasteiger charge is -2.23. The van der Waals surface area contributed by atoms with Gasteiger partial charge >= 0.3 is 0 Å². The highest BCUT2D eigenvalue weighted by Gasteiger charge is 2.25. The fourth-order valence-electron chi connectivity index (χ4n) is 2.40. The molecule has 1 unspecified atom stereocenters. The van der Waals surface area contributed by atoms with E-state index < -0.39 is 22.0 Å². The SMILES string of the molecule is CCN(c1ccccc1)S(=O)(=O)c1ccc(Cl)c(C(=O)NC(C)CO)c1. The van der Waals surface area contributed by atoms with Crippen molar-refractivity contribution in [2.45, 2.75) is 24.8 Å². The molecule has 1 atom stereocenters. The molecule has 2 aromatic carbocycles. The summed E-state index contributed by atoms with van der Waals surface area (Å²) in [6, 6.07) is 12.2. The number of carbonyl (C=O) groups excluding carboxylic acids is 1. The molecule has 0 aliphatic rings. The fourth-order valence-corrected chi connectivity index (χ4v) is 4.10. The van der Waals surface area contributed by atoms with E-state index >= 15 is 0 Å². The summed E-state index contributed by atoms with van der Waals surface area (Å²) in [7, 11) is -3.87. The molecule has 0 saturated heterocycles. The number of para-hydroxylation sites is 1. The first kappa shape index (κ1) is 20.2. The molecule has 140 valence electrons. The highest BCUT2D eigenvalue weighted by Crippen LogP contribution is 2.26. The molecule has 2 N–H and O–H groups in total. The molecule has 8 heteroatoms. The number of rotatable bonds is 7. The average molecular weight is 397 g/mol. The minimum Gasteiger partial charge on any atom is -0.394 e. The van der Waals surface area contributed by atoms with Crippen molar-refractivity contribution in [2.24, 2.45) is 0 Å². The van der Waals surface area contributed by atoms with E-state index in [9.17, 15) is 13.2 Å². The fraction of sp³-hybridized carbons (Fsp3) is 0.278. The Bertz CT molecular complexity index is 872. The van der Waals surface area contributed by atoms with Crippen LogP contribution in [0.1, 0.15) is 24.2 Å².